The number of piperidine rings is 1. The van der Waals surface area contributed by atoms with Crippen LogP contribution < -0.4 is 15.1 Å². The van der Waals surface area contributed by atoms with Gasteiger partial charge in [0, 0.05) is 37.2 Å². The molecule has 0 atom stereocenters. The van der Waals surface area contributed by atoms with Crippen molar-refractivity contribution in [2.45, 2.75) is 18.9 Å². The van der Waals surface area contributed by atoms with E-state index < -0.39 is 0 Å². The molecule has 0 unspecified atom stereocenters. The summed E-state index contributed by atoms with van der Waals surface area (Å²) >= 11 is 0. The van der Waals surface area contributed by atoms with Crippen molar-refractivity contribution in [1.29, 1.82) is 0 Å². The van der Waals surface area contributed by atoms with Gasteiger partial charge in [0.25, 0.3) is 0 Å². The Kier molecular flexibility index (Phi) is 6.35. The van der Waals surface area contributed by atoms with Gasteiger partial charge >= 0.3 is 0 Å². The molecular formula is C22H30N4O. The molecule has 0 aliphatic carbocycles. The van der Waals surface area contributed by atoms with Crippen molar-refractivity contribution >= 4 is 23.0 Å². The van der Waals surface area contributed by atoms with Gasteiger partial charge in [0.2, 0.25) is 5.91 Å². The minimum Gasteiger partial charge on any atom is -0.372 e. The summed E-state index contributed by atoms with van der Waals surface area (Å²) in [6.45, 7) is 2.62. The second-order valence-corrected chi connectivity index (χ2v) is 7.43. The van der Waals surface area contributed by atoms with Crippen molar-refractivity contribution in [3.8, 4) is 0 Å². The van der Waals surface area contributed by atoms with Gasteiger partial charge in [0.05, 0.1) is 6.54 Å². The smallest absolute Gasteiger partial charge is 0.243 e. The molecule has 2 aromatic rings. The molecule has 1 saturated heterocycles. The molecule has 0 bridgehead atoms. The van der Waals surface area contributed by atoms with Crippen LogP contribution in [0.15, 0.2) is 54.6 Å². The van der Waals surface area contributed by atoms with Gasteiger partial charge in [-0.15, -0.1) is 0 Å². The highest BCUT2D eigenvalue weighted by Gasteiger charge is 2.20. The monoisotopic (exact) mass is 366 g/mol. The number of hydrogen-bond acceptors (Lipinski definition) is 4. The molecule has 0 radical (unpaired) electrons. The standard InChI is InChI=1S/C22H30N4O/c1-24-15-13-21(14-16-24)26(3)20-11-9-18(10-12-20)23-22(27)17-25(2)19-7-5-4-6-8-19/h4-12,21H,13-17H2,1-3H3,(H,23,27). The van der Waals surface area contributed by atoms with Crippen LogP contribution in [0.4, 0.5) is 17.1 Å². The number of nitrogens with zero attached hydrogens (tertiary/aromatic N) is 3. The highest BCUT2D eigenvalue weighted by atomic mass is 16.2. The van der Waals surface area contributed by atoms with Crippen molar-refractivity contribution in [1.82, 2.24) is 4.90 Å². The summed E-state index contributed by atoms with van der Waals surface area (Å²) in [5.74, 6) is -0.0159. The highest BCUT2D eigenvalue weighted by Crippen LogP contribution is 2.23. The number of benzene rings is 2. The molecule has 1 amide bonds. The lowest BCUT2D eigenvalue weighted by molar-refractivity contribution is -0.114. The summed E-state index contributed by atoms with van der Waals surface area (Å²) in [5, 5.41) is 2.99. The van der Waals surface area contributed by atoms with E-state index in [1.54, 1.807) is 0 Å². The summed E-state index contributed by atoms with van der Waals surface area (Å²) in [7, 11) is 6.27. The average molecular weight is 367 g/mol. The summed E-state index contributed by atoms with van der Waals surface area (Å²) in [4.78, 5) is 19.0. The zero-order valence-electron chi connectivity index (χ0n) is 16.6. The van der Waals surface area contributed by atoms with Crippen LogP contribution in [0.25, 0.3) is 0 Å². The third-order valence-corrected chi connectivity index (χ3v) is 5.37. The van der Waals surface area contributed by atoms with Crippen LogP contribution in [0.1, 0.15) is 12.8 Å². The fraction of sp³-hybridized carbons (Fsp3) is 0.409. The Labute approximate surface area is 162 Å². The molecular weight excluding hydrogens is 336 g/mol. The first-order valence-electron chi connectivity index (χ1n) is 9.60. The molecule has 1 N–H and O–H groups in total. The third kappa shape index (κ3) is 5.23. The summed E-state index contributed by atoms with van der Waals surface area (Å²) in [6.07, 6.45) is 2.38. The van der Waals surface area contributed by atoms with Gasteiger partial charge < -0.3 is 20.0 Å². The molecule has 1 aliphatic rings. The van der Waals surface area contributed by atoms with Crippen molar-refractivity contribution in [2.75, 3.05) is 55.9 Å². The SMILES string of the molecule is CN1CCC(N(C)c2ccc(NC(=O)CN(C)c3ccccc3)cc2)CC1. The maximum Gasteiger partial charge on any atom is 0.243 e. The number of rotatable bonds is 6. The summed E-state index contributed by atoms with van der Waals surface area (Å²) in [5.41, 5.74) is 3.06. The molecule has 144 valence electrons. The van der Waals surface area contributed by atoms with Crippen LogP contribution in [-0.2, 0) is 4.79 Å². The number of hydrogen-bond donors (Lipinski definition) is 1. The number of carbonyl (C=O) groups excluding carboxylic acids is 1. The van der Waals surface area contributed by atoms with Crippen molar-refractivity contribution in [3.05, 3.63) is 54.6 Å². The van der Waals surface area contributed by atoms with Gasteiger partial charge in [0.15, 0.2) is 0 Å². The number of likely N-dealkylation sites (tertiary alicyclic amines) is 1. The Hall–Kier alpha value is -2.53. The molecule has 0 aromatic heterocycles. The molecule has 1 heterocycles. The summed E-state index contributed by atoms with van der Waals surface area (Å²) in [6, 6.07) is 18.7. The molecule has 0 spiro atoms. The van der Waals surface area contributed by atoms with Gasteiger partial charge in [0.1, 0.15) is 0 Å². The quantitative estimate of drug-likeness (QED) is 0.851. The topological polar surface area (TPSA) is 38.8 Å². The number of carbonyl (C=O) groups is 1. The fourth-order valence-electron chi connectivity index (χ4n) is 3.56. The lowest BCUT2D eigenvalue weighted by Crippen LogP contribution is -2.41. The molecule has 3 rings (SSSR count). The van der Waals surface area contributed by atoms with E-state index in [-0.39, 0.29) is 5.91 Å². The van der Waals surface area contributed by atoms with E-state index in [1.807, 2.05) is 54.4 Å². The third-order valence-electron chi connectivity index (χ3n) is 5.37. The first-order valence-corrected chi connectivity index (χ1v) is 9.60. The van der Waals surface area contributed by atoms with E-state index in [4.69, 9.17) is 0 Å². The number of para-hydroxylation sites is 1. The van der Waals surface area contributed by atoms with Crippen LogP contribution in [-0.4, -0.2) is 57.6 Å². The van der Waals surface area contributed by atoms with Gasteiger partial charge in [-0.2, -0.15) is 0 Å². The van der Waals surface area contributed by atoms with Gasteiger partial charge in [-0.25, -0.2) is 0 Å². The minimum atomic E-state index is -0.0159. The second kappa shape index (κ2) is 8.91. The minimum absolute atomic E-state index is 0.0159. The molecule has 27 heavy (non-hydrogen) atoms. The molecule has 1 fully saturated rings. The lowest BCUT2D eigenvalue weighted by Gasteiger charge is -2.36. The van der Waals surface area contributed by atoms with Gasteiger partial charge in [-0.1, -0.05) is 18.2 Å². The van der Waals surface area contributed by atoms with Crippen molar-refractivity contribution < 1.29 is 4.79 Å². The van der Waals surface area contributed by atoms with E-state index >= 15 is 0 Å². The number of amides is 1. The highest BCUT2D eigenvalue weighted by molar-refractivity contribution is 5.94. The zero-order valence-corrected chi connectivity index (χ0v) is 16.6. The van der Waals surface area contributed by atoms with Crippen LogP contribution in [0.2, 0.25) is 0 Å². The van der Waals surface area contributed by atoms with Crippen LogP contribution in [0.3, 0.4) is 0 Å². The summed E-state index contributed by atoms with van der Waals surface area (Å²) < 4.78 is 0. The van der Waals surface area contributed by atoms with E-state index in [0.717, 1.165) is 24.5 Å². The molecule has 1 aliphatic heterocycles. The van der Waals surface area contributed by atoms with Crippen LogP contribution >= 0.6 is 0 Å². The Bertz CT molecular complexity index is 724. The second-order valence-electron chi connectivity index (χ2n) is 7.43. The zero-order chi connectivity index (χ0) is 19.2. The number of anilines is 3. The van der Waals surface area contributed by atoms with Gasteiger partial charge in [-0.05, 0) is 69.4 Å². The predicted octanol–water partition coefficient (Wildman–Crippen LogP) is 3.29. The van der Waals surface area contributed by atoms with Crippen LogP contribution in [0.5, 0.6) is 0 Å². The van der Waals surface area contributed by atoms with E-state index in [9.17, 15) is 4.79 Å². The normalized spacial score (nSPS) is 15.4. The maximum atomic E-state index is 12.3. The average Bonchev–Trinajstić information content (AvgIpc) is 2.69. The van der Waals surface area contributed by atoms with Crippen molar-refractivity contribution in [2.24, 2.45) is 0 Å². The number of nitrogens with one attached hydrogen (secondary N) is 1. The largest absolute Gasteiger partial charge is 0.372 e. The van der Waals surface area contributed by atoms with Crippen molar-refractivity contribution in [3.63, 3.8) is 0 Å². The predicted molar refractivity (Wildman–Crippen MR) is 114 cm³/mol. The van der Waals surface area contributed by atoms with Crippen LogP contribution in [0, 0.1) is 0 Å². The Balaban J connectivity index is 1.53. The maximum absolute atomic E-state index is 12.3. The number of likely N-dealkylation sites (N-methyl/N-ethyl adjacent to an activating group) is 1. The molecule has 5 heteroatoms. The first-order chi connectivity index (χ1) is 13.0. The Morgan fingerprint density at radius 3 is 2.26 bits per heavy atom. The molecule has 0 saturated carbocycles. The first kappa shape index (κ1) is 19.2. The van der Waals surface area contributed by atoms with E-state index in [0.29, 0.717) is 12.6 Å². The van der Waals surface area contributed by atoms with E-state index in [2.05, 4.69) is 41.3 Å². The molecule has 2 aromatic carbocycles. The van der Waals surface area contributed by atoms with E-state index in [1.165, 1.54) is 18.5 Å². The molecule has 5 nitrogen and oxygen atoms in total. The lowest BCUT2D eigenvalue weighted by atomic mass is 10.0. The van der Waals surface area contributed by atoms with Gasteiger partial charge in [-0.3, -0.25) is 4.79 Å². The Morgan fingerprint density at radius 1 is 1.00 bits per heavy atom. The Morgan fingerprint density at radius 2 is 1.63 bits per heavy atom. The fourth-order valence-corrected chi connectivity index (χ4v) is 3.56.